The molecule has 1 heterocycles. The van der Waals surface area contributed by atoms with Crippen molar-refractivity contribution in [1.29, 1.82) is 0 Å². The highest BCUT2D eigenvalue weighted by Crippen LogP contribution is 2.32. The number of likely N-dealkylation sites (tertiary alicyclic amines) is 1. The van der Waals surface area contributed by atoms with Crippen LogP contribution in [-0.2, 0) is 6.54 Å². The summed E-state index contributed by atoms with van der Waals surface area (Å²) in [4.78, 5) is 3.27. The Labute approximate surface area is 113 Å². The summed E-state index contributed by atoms with van der Waals surface area (Å²) in [7, 11) is 0. The van der Waals surface area contributed by atoms with E-state index >= 15 is 0 Å². The maximum Gasteiger partial charge on any atom is 0.0233 e. The molecule has 2 heteroatoms. The molecule has 1 fully saturated rings. The van der Waals surface area contributed by atoms with Crippen molar-refractivity contribution in [3.8, 4) is 0 Å². The Morgan fingerprint density at radius 3 is 2.71 bits per heavy atom. The first-order chi connectivity index (χ1) is 8.05. The van der Waals surface area contributed by atoms with Crippen LogP contribution in [0.15, 0.2) is 30.3 Å². The molecule has 0 spiro atoms. The van der Waals surface area contributed by atoms with Crippen LogP contribution in [0.5, 0.6) is 0 Å². The van der Waals surface area contributed by atoms with Crippen molar-refractivity contribution in [3.63, 3.8) is 0 Å². The van der Waals surface area contributed by atoms with Gasteiger partial charge in [0.05, 0.1) is 0 Å². The van der Waals surface area contributed by atoms with E-state index in [9.17, 15) is 0 Å². The van der Waals surface area contributed by atoms with Gasteiger partial charge in [0.1, 0.15) is 0 Å². The minimum absolute atomic E-state index is 0.416. The van der Waals surface area contributed by atoms with Gasteiger partial charge in [0.15, 0.2) is 0 Å². The van der Waals surface area contributed by atoms with E-state index < -0.39 is 0 Å². The highest BCUT2D eigenvalue weighted by Gasteiger charge is 2.28. The Hall–Kier alpha value is -0.340. The van der Waals surface area contributed by atoms with Crippen molar-refractivity contribution >= 4 is 15.9 Å². The van der Waals surface area contributed by atoms with E-state index in [0.717, 1.165) is 6.54 Å². The first-order valence-corrected chi connectivity index (χ1v) is 7.37. The summed E-state index contributed by atoms with van der Waals surface area (Å²) in [5.41, 5.74) is 1.84. The molecule has 1 atom stereocenters. The zero-order valence-corrected chi connectivity index (χ0v) is 12.4. The van der Waals surface area contributed by atoms with E-state index in [1.54, 1.807) is 0 Å². The third-order valence-corrected chi connectivity index (χ3v) is 4.21. The lowest BCUT2D eigenvalue weighted by molar-refractivity contribution is 0.189. The molecule has 17 heavy (non-hydrogen) atoms. The number of hydrogen-bond acceptors (Lipinski definition) is 1. The summed E-state index contributed by atoms with van der Waals surface area (Å²) < 4.78 is 0. The highest BCUT2D eigenvalue weighted by atomic mass is 79.9. The highest BCUT2D eigenvalue weighted by molar-refractivity contribution is 9.09. The van der Waals surface area contributed by atoms with Crippen LogP contribution in [0.25, 0.3) is 0 Å². The molecule has 0 bridgehead atoms. The Kier molecular flexibility index (Phi) is 4.26. The zero-order valence-electron chi connectivity index (χ0n) is 10.8. The second kappa shape index (κ2) is 5.53. The molecule has 1 nitrogen and oxygen atoms in total. The Balaban J connectivity index is 2.01. The van der Waals surface area contributed by atoms with Gasteiger partial charge in [0, 0.05) is 17.9 Å². The maximum absolute atomic E-state index is 3.80. The molecule has 1 unspecified atom stereocenters. The summed E-state index contributed by atoms with van der Waals surface area (Å²) in [5.74, 6) is 0. The molecule has 0 aliphatic carbocycles. The van der Waals surface area contributed by atoms with E-state index in [1.165, 1.54) is 31.5 Å². The van der Waals surface area contributed by atoms with Crippen molar-refractivity contribution in [2.24, 2.45) is 5.41 Å². The number of hydrogen-bond donors (Lipinski definition) is 0. The number of halogens is 1. The molecule has 0 amide bonds. The van der Waals surface area contributed by atoms with E-state index in [0.29, 0.717) is 10.2 Å². The first kappa shape index (κ1) is 13.1. The maximum atomic E-state index is 3.80. The largest absolute Gasteiger partial charge is 0.299 e. The van der Waals surface area contributed by atoms with Crippen LogP contribution >= 0.6 is 15.9 Å². The van der Waals surface area contributed by atoms with E-state index in [4.69, 9.17) is 0 Å². The van der Waals surface area contributed by atoms with Gasteiger partial charge in [-0.25, -0.2) is 0 Å². The average molecular weight is 296 g/mol. The molecule has 0 aromatic heterocycles. The van der Waals surface area contributed by atoms with Crippen molar-refractivity contribution in [3.05, 3.63) is 35.9 Å². The monoisotopic (exact) mass is 295 g/mol. The lowest BCUT2D eigenvalue weighted by atomic mass is 9.88. The summed E-state index contributed by atoms with van der Waals surface area (Å²) in [6, 6.07) is 10.8. The van der Waals surface area contributed by atoms with Gasteiger partial charge >= 0.3 is 0 Å². The molecule has 0 N–H and O–H groups in total. The summed E-state index contributed by atoms with van der Waals surface area (Å²) in [6.07, 6.45) is 2.54. The fourth-order valence-corrected chi connectivity index (χ4v) is 3.83. The SMILES string of the molecule is CC1(C)CC(Br)CCN(Cc2ccccc2)C1. The molecule has 1 aromatic carbocycles. The van der Waals surface area contributed by atoms with Gasteiger partial charge in [-0.3, -0.25) is 4.90 Å². The zero-order chi connectivity index (χ0) is 12.3. The average Bonchev–Trinajstić information content (AvgIpc) is 2.38. The van der Waals surface area contributed by atoms with E-state index in [1.807, 2.05) is 0 Å². The predicted octanol–water partition coefficient (Wildman–Crippen LogP) is 4.07. The fraction of sp³-hybridized carbons (Fsp3) is 0.600. The quantitative estimate of drug-likeness (QED) is 0.744. The van der Waals surface area contributed by atoms with Gasteiger partial charge in [-0.15, -0.1) is 0 Å². The van der Waals surface area contributed by atoms with Crippen molar-refractivity contribution in [1.82, 2.24) is 4.90 Å². The Bertz CT molecular complexity index is 347. The normalized spacial score (nSPS) is 25.5. The Morgan fingerprint density at radius 1 is 1.29 bits per heavy atom. The van der Waals surface area contributed by atoms with E-state index in [2.05, 4.69) is 65.0 Å². The predicted molar refractivity (Wildman–Crippen MR) is 77.4 cm³/mol. The summed E-state index contributed by atoms with van der Waals surface area (Å²) in [5, 5.41) is 0. The minimum Gasteiger partial charge on any atom is -0.299 e. The number of nitrogens with zero attached hydrogens (tertiary/aromatic N) is 1. The molecular formula is C15H22BrN. The molecule has 0 radical (unpaired) electrons. The van der Waals surface area contributed by atoms with Gasteiger partial charge in [0.25, 0.3) is 0 Å². The van der Waals surface area contributed by atoms with Crippen LogP contribution in [0.4, 0.5) is 0 Å². The molecule has 1 saturated heterocycles. The van der Waals surface area contributed by atoms with Gasteiger partial charge < -0.3 is 0 Å². The summed E-state index contributed by atoms with van der Waals surface area (Å²) in [6.45, 7) is 8.25. The van der Waals surface area contributed by atoms with Crippen molar-refractivity contribution in [2.75, 3.05) is 13.1 Å². The van der Waals surface area contributed by atoms with Crippen LogP contribution in [0, 0.1) is 5.41 Å². The van der Waals surface area contributed by atoms with E-state index in [-0.39, 0.29) is 0 Å². The molecular weight excluding hydrogens is 274 g/mol. The second-order valence-corrected chi connectivity index (χ2v) is 7.25. The lowest BCUT2D eigenvalue weighted by Gasteiger charge is -2.29. The van der Waals surface area contributed by atoms with Crippen molar-refractivity contribution in [2.45, 2.75) is 38.1 Å². The van der Waals surface area contributed by atoms with Gasteiger partial charge in [0.2, 0.25) is 0 Å². The van der Waals surface area contributed by atoms with Crippen molar-refractivity contribution < 1.29 is 0 Å². The minimum atomic E-state index is 0.416. The van der Waals surface area contributed by atoms with Gasteiger partial charge in [-0.2, -0.15) is 0 Å². The molecule has 1 aromatic rings. The van der Waals surface area contributed by atoms with Gasteiger partial charge in [-0.1, -0.05) is 60.1 Å². The molecule has 0 saturated carbocycles. The number of benzene rings is 1. The Morgan fingerprint density at radius 2 is 2.00 bits per heavy atom. The topological polar surface area (TPSA) is 3.24 Å². The van der Waals surface area contributed by atoms with Crippen LogP contribution < -0.4 is 0 Å². The molecule has 94 valence electrons. The van der Waals surface area contributed by atoms with Crippen LogP contribution in [0.1, 0.15) is 32.3 Å². The summed E-state index contributed by atoms with van der Waals surface area (Å²) >= 11 is 3.80. The van der Waals surface area contributed by atoms with Crippen LogP contribution in [-0.4, -0.2) is 22.8 Å². The number of alkyl halides is 1. The first-order valence-electron chi connectivity index (χ1n) is 6.45. The van der Waals surface area contributed by atoms with Gasteiger partial charge in [-0.05, 0) is 30.4 Å². The smallest absolute Gasteiger partial charge is 0.0233 e. The van der Waals surface area contributed by atoms with Crippen LogP contribution in [0.2, 0.25) is 0 Å². The molecule has 1 aliphatic heterocycles. The molecule has 2 rings (SSSR count). The standard InChI is InChI=1S/C15H22BrN/c1-15(2)10-14(16)8-9-17(12-15)11-13-6-4-3-5-7-13/h3-7,14H,8-12H2,1-2H3. The fourth-order valence-electron chi connectivity index (χ4n) is 2.75. The number of rotatable bonds is 2. The third-order valence-electron chi connectivity index (χ3n) is 3.43. The molecule has 1 aliphatic rings. The second-order valence-electron chi connectivity index (χ2n) is 5.95. The lowest BCUT2D eigenvalue weighted by Crippen LogP contribution is -2.32. The van der Waals surface area contributed by atoms with Crippen LogP contribution in [0.3, 0.4) is 0 Å². The third kappa shape index (κ3) is 4.11.